The van der Waals surface area contributed by atoms with Crippen molar-refractivity contribution >= 4 is 28.4 Å². The highest BCUT2D eigenvalue weighted by molar-refractivity contribution is 7.11. The van der Waals surface area contributed by atoms with Crippen LogP contribution in [0.4, 0.5) is 5.00 Å². The standard InChI is InChI=1S/C11H15N3O3S/c1-6-7(9(15)16)8(18-14-6)13-10(17)11(2)4-3-5-12-11/h12H,3-5H2,1-2H3,(H,13,17)(H,15,16). The summed E-state index contributed by atoms with van der Waals surface area (Å²) in [5.74, 6) is -1.27. The Labute approximate surface area is 109 Å². The third-order valence-electron chi connectivity index (χ3n) is 3.17. The van der Waals surface area contributed by atoms with Crippen molar-refractivity contribution < 1.29 is 14.7 Å². The molecule has 7 heteroatoms. The molecule has 1 aliphatic rings. The summed E-state index contributed by atoms with van der Waals surface area (Å²) in [6.45, 7) is 4.24. The van der Waals surface area contributed by atoms with Gasteiger partial charge in [-0.2, -0.15) is 4.37 Å². The topological polar surface area (TPSA) is 91.3 Å². The van der Waals surface area contributed by atoms with Gasteiger partial charge in [0.1, 0.15) is 10.6 Å². The molecule has 1 fully saturated rings. The number of carbonyl (C=O) groups is 2. The molecule has 1 aromatic rings. The minimum Gasteiger partial charge on any atom is -0.478 e. The molecule has 18 heavy (non-hydrogen) atoms. The van der Waals surface area contributed by atoms with E-state index in [4.69, 9.17) is 5.11 Å². The first kappa shape index (κ1) is 13.0. The van der Waals surface area contributed by atoms with E-state index >= 15 is 0 Å². The van der Waals surface area contributed by atoms with E-state index in [1.54, 1.807) is 6.92 Å². The van der Waals surface area contributed by atoms with Gasteiger partial charge in [0.25, 0.3) is 0 Å². The lowest BCUT2D eigenvalue weighted by Crippen LogP contribution is -2.48. The van der Waals surface area contributed by atoms with Crippen LogP contribution in [0.15, 0.2) is 0 Å². The minimum atomic E-state index is -1.07. The number of carboxylic acids is 1. The summed E-state index contributed by atoms with van der Waals surface area (Å²) in [5, 5.41) is 15.2. The van der Waals surface area contributed by atoms with Crippen molar-refractivity contribution in [2.45, 2.75) is 32.2 Å². The number of rotatable bonds is 3. The van der Waals surface area contributed by atoms with Crippen molar-refractivity contribution in [1.29, 1.82) is 0 Å². The summed E-state index contributed by atoms with van der Waals surface area (Å²) >= 11 is 1.000. The summed E-state index contributed by atoms with van der Waals surface area (Å²) in [7, 11) is 0. The van der Waals surface area contributed by atoms with Gasteiger partial charge in [-0.15, -0.1) is 0 Å². The number of aryl methyl sites for hydroxylation is 1. The van der Waals surface area contributed by atoms with E-state index in [0.29, 0.717) is 10.7 Å². The molecule has 6 nitrogen and oxygen atoms in total. The zero-order chi connectivity index (χ0) is 13.3. The molecule has 0 radical (unpaired) electrons. The highest BCUT2D eigenvalue weighted by Crippen LogP contribution is 2.27. The molecule has 1 aromatic heterocycles. The summed E-state index contributed by atoms with van der Waals surface area (Å²) in [6.07, 6.45) is 1.69. The zero-order valence-corrected chi connectivity index (χ0v) is 11.1. The van der Waals surface area contributed by atoms with Gasteiger partial charge >= 0.3 is 5.97 Å². The van der Waals surface area contributed by atoms with E-state index in [1.807, 2.05) is 6.92 Å². The molecular formula is C11H15N3O3S. The van der Waals surface area contributed by atoms with Crippen LogP contribution in [0.2, 0.25) is 0 Å². The summed E-state index contributed by atoms with van der Waals surface area (Å²) in [4.78, 5) is 23.2. The van der Waals surface area contributed by atoms with Gasteiger partial charge in [0.2, 0.25) is 5.91 Å². The fraction of sp³-hybridized carbons (Fsp3) is 0.545. The molecule has 1 saturated heterocycles. The van der Waals surface area contributed by atoms with Gasteiger partial charge in [0, 0.05) is 0 Å². The third-order valence-corrected chi connectivity index (χ3v) is 4.03. The maximum Gasteiger partial charge on any atom is 0.340 e. The van der Waals surface area contributed by atoms with Crippen molar-refractivity contribution in [3.05, 3.63) is 11.3 Å². The summed E-state index contributed by atoms with van der Waals surface area (Å²) in [5.41, 5.74) is -0.115. The van der Waals surface area contributed by atoms with Crippen LogP contribution in [0.1, 0.15) is 35.8 Å². The molecule has 1 unspecified atom stereocenters. The fourth-order valence-electron chi connectivity index (χ4n) is 2.04. The number of amides is 1. The Morgan fingerprint density at radius 1 is 1.56 bits per heavy atom. The largest absolute Gasteiger partial charge is 0.478 e. The molecule has 0 aliphatic carbocycles. The molecule has 0 bridgehead atoms. The number of anilines is 1. The lowest BCUT2D eigenvalue weighted by atomic mass is 9.99. The normalized spacial score (nSPS) is 23.0. The second-order valence-corrected chi connectivity index (χ2v) is 5.37. The average Bonchev–Trinajstić information content (AvgIpc) is 2.86. The third kappa shape index (κ3) is 2.23. The van der Waals surface area contributed by atoms with Gasteiger partial charge in [-0.05, 0) is 44.8 Å². The molecule has 0 saturated carbocycles. The van der Waals surface area contributed by atoms with E-state index in [2.05, 4.69) is 15.0 Å². The van der Waals surface area contributed by atoms with Crippen molar-refractivity contribution in [3.8, 4) is 0 Å². The number of hydrogen-bond donors (Lipinski definition) is 3. The first-order valence-electron chi connectivity index (χ1n) is 5.70. The van der Waals surface area contributed by atoms with Crippen molar-refractivity contribution in [2.24, 2.45) is 0 Å². The van der Waals surface area contributed by atoms with Gasteiger partial charge < -0.3 is 15.7 Å². The molecule has 1 amide bonds. The van der Waals surface area contributed by atoms with E-state index < -0.39 is 11.5 Å². The molecule has 2 rings (SSSR count). The van der Waals surface area contributed by atoms with Crippen LogP contribution in [-0.4, -0.2) is 33.4 Å². The van der Waals surface area contributed by atoms with Crippen LogP contribution in [0.3, 0.4) is 0 Å². The van der Waals surface area contributed by atoms with Crippen molar-refractivity contribution in [1.82, 2.24) is 9.69 Å². The Balaban J connectivity index is 2.19. The quantitative estimate of drug-likeness (QED) is 0.767. The Morgan fingerprint density at radius 3 is 2.83 bits per heavy atom. The van der Waals surface area contributed by atoms with Crippen molar-refractivity contribution in [3.63, 3.8) is 0 Å². The number of hydrogen-bond acceptors (Lipinski definition) is 5. The van der Waals surface area contributed by atoms with Gasteiger partial charge in [-0.3, -0.25) is 4.79 Å². The van der Waals surface area contributed by atoms with Crippen LogP contribution in [-0.2, 0) is 4.79 Å². The molecule has 0 spiro atoms. The van der Waals surface area contributed by atoms with Gasteiger partial charge in [0.05, 0.1) is 11.2 Å². The number of aromatic carboxylic acids is 1. The van der Waals surface area contributed by atoms with E-state index in [-0.39, 0.29) is 11.5 Å². The average molecular weight is 269 g/mol. The maximum atomic E-state index is 12.1. The van der Waals surface area contributed by atoms with E-state index in [1.165, 1.54) is 0 Å². The van der Waals surface area contributed by atoms with Crippen LogP contribution < -0.4 is 10.6 Å². The van der Waals surface area contributed by atoms with Crippen LogP contribution >= 0.6 is 11.5 Å². The molecule has 0 aromatic carbocycles. The minimum absolute atomic E-state index is 0.0787. The van der Waals surface area contributed by atoms with Crippen LogP contribution in [0, 0.1) is 6.92 Å². The smallest absolute Gasteiger partial charge is 0.340 e. The predicted octanol–water partition coefficient (Wildman–Crippen LogP) is 1.23. The number of aromatic nitrogens is 1. The van der Waals surface area contributed by atoms with Crippen LogP contribution in [0.25, 0.3) is 0 Å². The first-order valence-corrected chi connectivity index (χ1v) is 6.47. The van der Waals surface area contributed by atoms with Crippen molar-refractivity contribution in [2.75, 3.05) is 11.9 Å². The summed E-state index contributed by atoms with van der Waals surface area (Å²) < 4.78 is 3.97. The fourth-order valence-corrected chi connectivity index (χ4v) is 2.82. The second-order valence-electron chi connectivity index (χ2n) is 4.59. The van der Waals surface area contributed by atoms with Gasteiger partial charge in [0.15, 0.2) is 0 Å². The Hall–Kier alpha value is -1.47. The highest BCUT2D eigenvalue weighted by Gasteiger charge is 2.36. The highest BCUT2D eigenvalue weighted by atomic mass is 32.1. The Bertz CT molecular complexity index is 492. The molecule has 3 N–H and O–H groups in total. The zero-order valence-electron chi connectivity index (χ0n) is 10.2. The SMILES string of the molecule is Cc1nsc(NC(=O)C2(C)CCCN2)c1C(=O)O. The number of nitrogens with zero attached hydrogens (tertiary/aromatic N) is 1. The first-order chi connectivity index (χ1) is 8.44. The number of carbonyl (C=O) groups excluding carboxylic acids is 1. The number of nitrogens with one attached hydrogen (secondary N) is 2. The Kier molecular flexibility index (Phi) is 3.36. The lowest BCUT2D eigenvalue weighted by Gasteiger charge is -2.22. The van der Waals surface area contributed by atoms with Gasteiger partial charge in [-0.25, -0.2) is 4.79 Å². The monoisotopic (exact) mass is 269 g/mol. The maximum absolute atomic E-state index is 12.1. The molecule has 1 atom stereocenters. The summed E-state index contributed by atoms with van der Waals surface area (Å²) in [6, 6.07) is 0. The molecule has 98 valence electrons. The lowest BCUT2D eigenvalue weighted by molar-refractivity contribution is -0.121. The van der Waals surface area contributed by atoms with E-state index in [0.717, 1.165) is 30.9 Å². The second kappa shape index (κ2) is 4.66. The molecule has 1 aliphatic heterocycles. The molecule has 2 heterocycles. The predicted molar refractivity (Wildman–Crippen MR) is 68.1 cm³/mol. The van der Waals surface area contributed by atoms with E-state index in [9.17, 15) is 9.59 Å². The molecular weight excluding hydrogens is 254 g/mol. The number of carboxylic acid groups (broad SMARTS) is 1. The van der Waals surface area contributed by atoms with Gasteiger partial charge in [-0.1, -0.05) is 0 Å². The Morgan fingerprint density at radius 2 is 2.28 bits per heavy atom. The van der Waals surface area contributed by atoms with Crippen LogP contribution in [0.5, 0.6) is 0 Å².